The van der Waals surface area contributed by atoms with E-state index in [0.717, 1.165) is 11.4 Å². The zero-order valence-corrected chi connectivity index (χ0v) is 27.8. The lowest BCUT2D eigenvalue weighted by atomic mass is 10.3. The number of benzene rings is 2. The number of halogens is 4. The van der Waals surface area contributed by atoms with Crippen LogP contribution in [-0.4, -0.2) is 51.8 Å². The molecular formula is C34H30Cl2F2N10O2. The van der Waals surface area contributed by atoms with Crippen molar-refractivity contribution >= 4 is 46.7 Å². The van der Waals surface area contributed by atoms with Gasteiger partial charge < -0.3 is 10.6 Å². The Morgan fingerprint density at radius 3 is 1.48 bits per heavy atom. The predicted molar refractivity (Wildman–Crippen MR) is 183 cm³/mol. The van der Waals surface area contributed by atoms with Crippen LogP contribution in [0.25, 0.3) is 11.4 Å². The Morgan fingerprint density at radius 1 is 0.680 bits per heavy atom. The van der Waals surface area contributed by atoms with Crippen LogP contribution in [0.5, 0.6) is 0 Å². The van der Waals surface area contributed by atoms with E-state index in [1.165, 1.54) is 49.9 Å². The van der Waals surface area contributed by atoms with E-state index >= 15 is 0 Å². The number of carbonyl (C=O) groups is 2. The Bertz CT molecular complexity index is 2010. The van der Waals surface area contributed by atoms with Crippen LogP contribution in [-0.2, 0) is 22.4 Å². The zero-order valence-electron chi connectivity index (χ0n) is 26.3. The van der Waals surface area contributed by atoms with Gasteiger partial charge in [-0.2, -0.15) is 20.4 Å². The Balaban J connectivity index is 0.000000157. The number of aromatic amines is 2. The summed E-state index contributed by atoms with van der Waals surface area (Å²) in [7, 11) is 0. The molecule has 2 amide bonds. The molecule has 4 aromatic heterocycles. The van der Waals surface area contributed by atoms with Gasteiger partial charge in [0, 0.05) is 47.8 Å². The highest BCUT2D eigenvalue weighted by molar-refractivity contribution is 6.31. The molecule has 0 bridgehead atoms. The molecule has 4 heterocycles. The summed E-state index contributed by atoms with van der Waals surface area (Å²) >= 11 is 11.6. The number of amides is 2. The Morgan fingerprint density at radius 2 is 1.10 bits per heavy atom. The predicted octanol–water partition coefficient (Wildman–Crippen LogP) is 6.89. The summed E-state index contributed by atoms with van der Waals surface area (Å²) < 4.78 is 29.6. The fourth-order valence-corrected chi connectivity index (χ4v) is 5.52. The lowest BCUT2D eigenvalue weighted by Gasteiger charge is -2.03. The molecule has 2 aliphatic rings. The van der Waals surface area contributed by atoms with Crippen molar-refractivity contribution in [2.75, 3.05) is 10.6 Å². The first-order valence-corrected chi connectivity index (χ1v) is 16.6. The third kappa shape index (κ3) is 8.26. The van der Waals surface area contributed by atoms with E-state index in [-0.39, 0.29) is 34.7 Å². The molecule has 50 heavy (non-hydrogen) atoms. The molecule has 0 aliphatic heterocycles. The molecule has 12 nitrogen and oxygen atoms in total. The number of hydrogen-bond donors (Lipinski definition) is 4. The summed E-state index contributed by atoms with van der Waals surface area (Å²) in [5.41, 5.74) is 4.56. The second-order valence-electron chi connectivity index (χ2n) is 12.1. The summed E-state index contributed by atoms with van der Waals surface area (Å²) in [5.74, 6) is 0.789. The van der Waals surface area contributed by atoms with Gasteiger partial charge in [-0.25, -0.2) is 18.1 Å². The van der Waals surface area contributed by atoms with Crippen molar-refractivity contribution < 1.29 is 18.4 Å². The van der Waals surface area contributed by atoms with Crippen molar-refractivity contribution in [3.05, 3.63) is 118 Å². The minimum absolute atomic E-state index is 0.0253. The van der Waals surface area contributed by atoms with Gasteiger partial charge in [-0.15, -0.1) is 0 Å². The lowest BCUT2D eigenvalue weighted by molar-refractivity contribution is -0.116. The molecule has 0 atom stereocenters. The van der Waals surface area contributed by atoms with Gasteiger partial charge in [0.05, 0.1) is 45.6 Å². The second-order valence-corrected chi connectivity index (χ2v) is 12.9. The maximum Gasteiger partial charge on any atom is 0.231 e. The van der Waals surface area contributed by atoms with E-state index in [4.69, 9.17) is 23.2 Å². The summed E-state index contributed by atoms with van der Waals surface area (Å²) in [6.45, 7) is 0. The molecule has 0 radical (unpaired) electrons. The number of anilines is 2. The van der Waals surface area contributed by atoms with E-state index in [1.807, 2.05) is 12.1 Å². The highest BCUT2D eigenvalue weighted by Gasteiger charge is 2.26. The van der Waals surface area contributed by atoms with Crippen LogP contribution in [0.4, 0.5) is 20.4 Å². The van der Waals surface area contributed by atoms with Crippen molar-refractivity contribution in [2.24, 2.45) is 0 Å². The molecule has 8 rings (SSSR count). The van der Waals surface area contributed by atoms with Crippen LogP contribution in [0, 0.1) is 11.6 Å². The van der Waals surface area contributed by atoms with Crippen LogP contribution in [0.2, 0.25) is 10.0 Å². The number of nitrogens with one attached hydrogen (secondary N) is 4. The van der Waals surface area contributed by atoms with E-state index in [0.29, 0.717) is 46.2 Å². The van der Waals surface area contributed by atoms with Gasteiger partial charge in [-0.3, -0.25) is 19.8 Å². The van der Waals surface area contributed by atoms with Gasteiger partial charge >= 0.3 is 0 Å². The number of nitrogens with zero attached hydrogens (tertiary/aromatic N) is 6. The molecule has 2 aliphatic carbocycles. The number of H-pyrrole nitrogens is 2. The molecule has 2 fully saturated rings. The van der Waals surface area contributed by atoms with Crippen molar-refractivity contribution in [2.45, 2.75) is 50.4 Å². The third-order valence-electron chi connectivity index (χ3n) is 8.07. The van der Waals surface area contributed by atoms with E-state index in [2.05, 4.69) is 41.2 Å². The summed E-state index contributed by atoms with van der Waals surface area (Å²) in [4.78, 5) is 24.3. The van der Waals surface area contributed by atoms with Gasteiger partial charge in [0.1, 0.15) is 11.6 Å². The fourth-order valence-electron chi connectivity index (χ4n) is 5.17. The normalized spacial score (nSPS) is 13.8. The quantitative estimate of drug-likeness (QED) is 0.121. The van der Waals surface area contributed by atoms with Crippen LogP contribution < -0.4 is 10.6 Å². The molecule has 0 spiro atoms. The van der Waals surface area contributed by atoms with Crippen molar-refractivity contribution in [3.8, 4) is 11.4 Å². The van der Waals surface area contributed by atoms with E-state index in [9.17, 15) is 18.4 Å². The van der Waals surface area contributed by atoms with E-state index in [1.54, 1.807) is 46.0 Å². The lowest BCUT2D eigenvalue weighted by Crippen LogP contribution is -2.15. The van der Waals surface area contributed by atoms with Crippen LogP contribution in [0.15, 0.2) is 73.1 Å². The molecule has 16 heteroatoms. The number of rotatable bonds is 10. The zero-order chi connectivity index (χ0) is 34.8. The highest BCUT2D eigenvalue weighted by atomic mass is 35.5. The van der Waals surface area contributed by atoms with Crippen LogP contribution >= 0.6 is 23.2 Å². The number of aromatic nitrogens is 8. The Kier molecular flexibility index (Phi) is 9.46. The van der Waals surface area contributed by atoms with Gasteiger partial charge in [-0.05, 0) is 74.2 Å². The standard InChI is InChI=1S/2C17H15ClFN5O/c2*18-13-8-12(3-4-14(13)19)24-6-5-11(23-24)7-17(25)20-16-9-15(21-22-16)10-1-2-10/h2*3-6,8-10H,1-2,7H2,(H2,20,21,22,25). The molecule has 2 aromatic carbocycles. The van der Waals surface area contributed by atoms with Gasteiger partial charge in [0.2, 0.25) is 11.8 Å². The highest BCUT2D eigenvalue weighted by Crippen LogP contribution is 2.40. The monoisotopic (exact) mass is 718 g/mol. The van der Waals surface area contributed by atoms with Gasteiger partial charge in [0.25, 0.3) is 0 Å². The average molecular weight is 720 g/mol. The Labute approximate surface area is 294 Å². The summed E-state index contributed by atoms with van der Waals surface area (Å²) in [6, 6.07) is 15.9. The molecule has 6 aromatic rings. The van der Waals surface area contributed by atoms with E-state index < -0.39 is 11.6 Å². The molecule has 4 N–H and O–H groups in total. The minimum atomic E-state index is -0.484. The minimum Gasteiger partial charge on any atom is -0.309 e. The molecule has 256 valence electrons. The molecule has 0 unspecified atom stereocenters. The molecular weight excluding hydrogens is 689 g/mol. The van der Waals surface area contributed by atoms with Crippen molar-refractivity contribution in [3.63, 3.8) is 0 Å². The number of hydrogen-bond acceptors (Lipinski definition) is 6. The summed E-state index contributed by atoms with van der Waals surface area (Å²) in [5, 5.41) is 28.3. The first-order valence-electron chi connectivity index (χ1n) is 15.9. The van der Waals surface area contributed by atoms with Gasteiger partial charge in [0.15, 0.2) is 11.6 Å². The fraction of sp³-hybridized carbons (Fsp3) is 0.235. The SMILES string of the molecule is O=C(Cc1ccn(-c2ccc(F)c(Cl)c2)n1)Nc1cc(C2CC2)[nH]n1.O=C(Cc1ccn(-c2ccc(F)c(Cl)c2)n1)Nc1cc(C2CC2)[nH]n1. The molecule has 0 saturated heterocycles. The maximum absolute atomic E-state index is 13.2. The van der Waals surface area contributed by atoms with Crippen molar-refractivity contribution in [1.82, 2.24) is 40.0 Å². The van der Waals surface area contributed by atoms with Crippen LogP contribution in [0.3, 0.4) is 0 Å². The van der Waals surface area contributed by atoms with Crippen molar-refractivity contribution in [1.29, 1.82) is 0 Å². The first kappa shape index (κ1) is 33.2. The molecule has 2 saturated carbocycles. The maximum atomic E-state index is 13.2. The third-order valence-corrected chi connectivity index (χ3v) is 8.65. The Hall–Kier alpha value is -5.34. The largest absolute Gasteiger partial charge is 0.309 e. The average Bonchev–Trinajstić information content (AvgIpc) is 3.89. The number of carbonyl (C=O) groups excluding carboxylic acids is 2. The first-order chi connectivity index (χ1) is 24.2. The topological polar surface area (TPSA) is 151 Å². The summed E-state index contributed by atoms with van der Waals surface area (Å²) in [6.07, 6.45) is 8.31. The second kappa shape index (κ2) is 14.3. The van der Waals surface area contributed by atoms with Crippen LogP contribution in [0.1, 0.15) is 60.3 Å². The smallest absolute Gasteiger partial charge is 0.231 e. The van der Waals surface area contributed by atoms with Gasteiger partial charge in [-0.1, -0.05) is 23.2 Å².